The summed E-state index contributed by atoms with van der Waals surface area (Å²) in [5.74, 6) is 0. The lowest BCUT2D eigenvalue weighted by molar-refractivity contribution is 0.660. The maximum absolute atomic E-state index is 6.51. The summed E-state index contributed by atoms with van der Waals surface area (Å²) < 4.78 is 6.51. The Balaban J connectivity index is 1.18. The van der Waals surface area contributed by atoms with E-state index in [1.165, 1.54) is 22.3 Å². The zero-order valence-electron chi connectivity index (χ0n) is 27.0. The second kappa shape index (κ2) is 11.0. The third-order valence-corrected chi connectivity index (χ3v) is 9.84. The third-order valence-electron chi connectivity index (χ3n) is 9.84. The lowest BCUT2D eigenvalue weighted by Crippen LogP contribution is -2.15. The van der Waals surface area contributed by atoms with Crippen LogP contribution in [0.2, 0.25) is 0 Å². The van der Waals surface area contributed by atoms with Crippen molar-refractivity contribution in [2.45, 2.75) is 19.3 Å². The van der Waals surface area contributed by atoms with E-state index in [4.69, 9.17) is 4.42 Å². The van der Waals surface area contributed by atoms with Gasteiger partial charge in [-0.2, -0.15) is 0 Å². The highest BCUT2D eigenvalue weighted by Gasteiger charge is 2.35. The predicted octanol–water partition coefficient (Wildman–Crippen LogP) is 12.8. The number of hydrogen-bond acceptors (Lipinski definition) is 3. The van der Waals surface area contributed by atoms with Gasteiger partial charge in [0.05, 0.1) is 5.69 Å². The van der Waals surface area contributed by atoms with E-state index in [1.54, 1.807) is 0 Å². The zero-order chi connectivity index (χ0) is 32.2. The topological polar surface area (TPSA) is 19.6 Å². The maximum atomic E-state index is 6.51. The van der Waals surface area contributed by atoms with E-state index < -0.39 is 0 Å². The summed E-state index contributed by atoms with van der Waals surface area (Å²) in [5, 5.41) is 2.23. The van der Waals surface area contributed by atoms with Crippen molar-refractivity contribution in [1.29, 1.82) is 0 Å². The summed E-state index contributed by atoms with van der Waals surface area (Å²) in [5.41, 5.74) is 13.6. The van der Waals surface area contributed by atoms with Crippen molar-refractivity contribution in [3.05, 3.63) is 181 Å². The molecule has 48 heavy (non-hydrogen) atoms. The number of rotatable bonds is 6. The Bertz CT molecular complexity index is 2420. The van der Waals surface area contributed by atoms with Crippen LogP contribution < -0.4 is 9.80 Å². The van der Waals surface area contributed by atoms with Crippen molar-refractivity contribution in [2.24, 2.45) is 0 Å². The van der Waals surface area contributed by atoms with Crippen LogP contribution in [0.25, 0.3) is 33.1 Å². The maximum Gasteiger partial charge on any atom is 0.159 e. The summed E-state index contributed by atoms with van der Waals surface area (Å²) >= 11 is 0. The second-order valence-corrected chi connectivity index (χ2v) is 13.0. The molecule has 0 N–H and O–H groups in total. The molecule has 0 fully saturated rings. The van der Waals surface area contributed by atoms with Gasteiger partial charge < -0.3 is 14.2 Å². The molecule has 0 saturated carbocycles. The van der Waals surface area contributed by atoms with Crippen LogP contribution in [0.15, 0.2) is 174 Å². The van der Waals surface area contributed by atoms with Crippen LogP contribution in [0.5, 0.6) is 0 Å². The monoisotopic (exact) mass is 618 g/mol. The molecule has 9 rings (SSSR count). The van der Waals surface area contributed by atoms with Gasteiger partial charge in [-0.3, -0.25) is 0 Å². The molecule has 8 aromatic rings. The lowest BCUT2D eigenvalue weighted by atomic mass is 9.82. The largest absolute Gasteiger partial charge is 0.454 e. The molecule has 3 nitrogen and oxygen atoms in total. The molecule has 0 saturated heterocycles. The van der Waals surface area contributed by atoms with Crippen LogP contribution in [-0.4, -0.2) is 0 Å². The van der Waals surface area contributed by atoms with E-state index in [2.05, 4.69) is 181 Å². The van der Waals surface area contributed by atoms with Gasteiger partial charge in [0.1, 0.15) is 5.58 Å². The first-order chi connectivity index (χ1) is 23.6. The fourth-order valence-electron chi connectivity index (χ4n) is 7.53. The quantitative estimate of drug-likeness (QED) is 0.185. The van der Waals surface area contributed by atoms with E-state index in [9.17, 15) is 0 Å². The summed E-state index contributed by atoms with van der Waals surface area (Å²) in [6, 6.07) is 60.5. The Hall–Kier alpha value is -6.06. The smallest absolute Gasteiger partial charge is 0.159 e. The van der Waals surface area contributed by atoms with Crippen LogP contribution in [-0.2, 0) is 5.41 Å². The van der Waals surface area contributed by atoms with Gasteiger partial charge in [0.25, 0.3) is 0 Å². The minimum atomic E-state index is -0.0344. The lowest BCUT2D eigenvalue weighted by Gasteiger charge is -2.29. The molecule has 0 amide bonds. The third kappa shape index (κ3) is 4.43. The average Bonchev–Trinajstić information content (AvgIpc) is 3.63. The first kappa shape index (κ1) is 28.2. The molecule has 1 aliphatic rings. The van der Waals surface area contributed by atoms with E-state index in [0.717, 1.165) is 56.1 Å². The van der Waals surface area contributed by atoms with Crippen LogP contribution in [0.3, 0.4) is 0 Å². The molecule has 0 spiro atoms. The number of para-hydroxylation sites is 4. The van der Waals surface area contributed by atoms with Crippen molar-refractivity contribution in [1.82, 2.24) is 0 Å². The Morgan fingerprint density at radius 2 is 0.958 bits per heavy atom. The standard InChI is InChI=1S/C45H34N2O/c1-45(2)40-21-11-9-18-36(40)39-30-35(28-29-41(39)45)46(31-14-5-3-6-15-31)33-24-26-34(27-25-33)47(32-16-7-4-8-17-32)42-22-13-20-38-37-19-10-12-23-43(37)48-44(38)42/h3-30H,1-2H3. The Morgan fingerprint density at radius 1 is 0.417 bits per heavy atom. The number of benzene rings is 7. The van der Waals surface area contributed by atoms with Crippen molar-refractivity contribution in [3.8, 4) is 11.1 Å². The number of hydrogen-bond donors (Lipinski definition) is 0. The molecule has 0 radical (unpaired) electrons. The molecule has 3 heteroatoms. The number of nitrogens with zero attached hydrogens (tertiary/aromatic N) is 2. The number of anilines is 6. The average molecular weight is 619 g/mol. The molecule has 1 aromatic heterocycles. The first-order valence-electron chi connectivity index (χ1n) is 16.5. The number of furan rings is 1. The minimum absolute atomic E-state index is 0.0344. The Kier molecular flexibility index (Phi) is 6.48. The van der Waals surface area contributed by atoms with Crippen molar-refractivity contribution >= 4 is 56.1 Å². The Labute approximate surface area is 280 Å². The van der Waals surface area contributed by atoms with Gasteiger partial charge in [0.2, 0.25) is 0 Å². The summed E-state index contributed by atoms with van der Waals surface area (Å²) in [4.78, 5) is 4.64. The van der Waals surface area contributed by atoms with Crippen molar-refractivity contribution in [2.75, 3.05) is 9.80 Å². The molecule has 1 aliphatic carbocycles. The van der Waals surface area contributed by atoms with E-state index >= 15 is 0 Å². The fourth-order valence-corrected chi connectivity index (χ4v) is 7.53. The van der Waals surface area contributed by atoms with Crippen molar-refractivity contribution < 1.29 is 4.42 Å². The van der Waals surface area contributed by atoms with Gasteiger partial charge in [-0.05, 0) is 95.1 Å². The van der Waals surface area contributed by atoms with Crippen LogP contribution >= 0.6 is 0 Å². The molecule has 7 aromatic carbocycles. The molecule has 0 aliphatic heterocycles. The van der Waals surface area contributed by atoms with Gasteiger partial charge >= 0.3 is 0 Å². The van der Waals surface area contributed by atoms with Crippen molar-refractivity contribution in [3.63, 3.8) is 0 Å². The fraction of sp³-hybridized carbons (Fsp3) is 0.0667. The van der Waals surface area contributed by atoms with E-state index in [0.29, 0.717) is 0 Å². The van der Waals surface area contributed by atoms with E-state index in [-0.39, 0.29) is 5.41 Å². The van der Waals surface area contributed by atoms with Gasteiger partial charge in [-0.25, -0.2) is 0 Å². The highest BCUT2D eigenvalue weighted by molar-refractivity contribution is 6.10. The summed E-state index contributed by atoms with van der Waals surface area (Å²) in [7, 11) is 0. The molecule has 0 atom stereocenters. The molecular weight excluding hydrogens is 585 g/mol. The number of fused-ring (bicyclic) bond motifs is 6. The predicted molar refractivity (Wildman–Crippen MR) is 201 cm³/mol. The van der Waals surface area contributed by atoms with Crippen LogP contribution in [0, 0.1) is 0 Å². The molecule has 1 heterocycles. The molecule has 0 unspecified atom stereocenters. The zero-order valence-corrected chi connectivity index (χ0v) is 27.0. The van der Waals surface area contributed by atoms with E-state index in [1.807, 2.05) is 12.1 Å². The van der Waals surface area contributed by atoms with Crippen LogP contribution in [0.1, 0.15) is 25.0 Å². The normalized spacial score (nSPS) is 13.0. The van der Waals surface area contributed by atoms with Crippen LogP contribution in [0.4, 0.5) is 34.1 Å². The molecule has 0 bridgehead atoms. The first-order valence-corrected chi connectivity index (χ1v) is 16.5. The molecule has 230 valence electrons. The summed E-state index contributed by atoms with van der Waals surface area (Å²) in [6.45, 7) is 4.66. The summed E-state index contributed by atoms with van der Waals surface area (Å²) in [6.07, 6.45) is 0. The second-order valence-electron chi connectivity index (χ2n) is 13.0. The van der Waals surface area contributed by atoms with Gasteiger partial charge in [-0.15, -0.1) is 0 Å². The minimum Gasteiger partial charge on any atom is -0.454 e. The molecular formula is C45H34N2O. The van der Waals surface area contributed by atoms with Gasteiger partial charge in [0.15, 0.2) is 5.58 Å². The Morgan fingerprint density at radius 3 is 1.71 bits per heavy atom. The van der Waals surface area contributed by atoms with Gasteiger partial charge in [0, 0.05) is 44.6 Å². The van der Waals surface area contributed by atoms with Gasteiger partial charge in [-0.1, -0.05) is 111 Å². The highest BCUT2D eigenvalue weighted by atomic mass is 16.3. The highest BCUT2D eigenvalue weighted by Crippen LogP contribution is 2.51. The SMILES string of the molecule is CC1(C)c2ccccc2-c2cc(N(c3ccccc3)c3ccc(N(c4ccccc4)c4cccc5c4oc4ccccc45)cc3)ccc21.